The largest absolute Gasteiger partial charge is 0.384 e. The molecule has 1 aromatic heterocycles. The highest BCUT2D eigenvalue weighted by atomic mass is 16.5. The van der Waals surface area contributed by atoms with Crippen molar-refractivity contribution in [1.29, 1.82) is 0 Å². The molecule has 1 N–H and O–H groups in total. The predicted molar refractivity (Wildman–Crippen MR) is 81.5 cm³/mol. The minimum Gasteiger partial charge on any atom is -0.384 e. The Hall–Kier alpha value is -1.40. The van der Waals surface area contributed by atoms with Gasteiger partial charge in [-0.3, -0.25) is 9.69 Å². The van der Waals surface area contributed by atoms with Gasteiger partial charge in [-0.25, -0.2) is 0 Å². The number of nitrogens with one attached hydrogen (secondary N) is 1. The number of rotatable bonds is 6. The van der Waals surface area contributed by atoms with Gasteiger partial charge in [0.25, 0.3) is 0 Å². The van der Waals surface area contributed by atoms with Crippen LogP contribution in [0.4, 0.5) is 0 Å². The second-order valence-electron chi connectivity index (χ2n) is 6.26. The number of likely N-dealkylation sites (tertiary alicyclic amines) is 1. The van der Waals surface area contributed by atoms with Crippen LogP contribution in [-0.2, 0) is 28.9 Å². The van der Waals surface area contributed by atoms with Gasteiger partial charge in [0, 0.05) is 38.1 Å². The van der Waals surface area contributed by atoms with Crippen LogP contribution in [0.2, 0.25) is 0 Å². The molecule has 1 unspecified atom stereocenters. The number of hydrogen-bond donors (Lipinski definition) is 1. The lowest BCUT2D eigenvalue weighted by molar-refractivity contribution is -0.122. The van der Waals surface area contributed by atoms with Gasteiger partial charge in [0.2, 0.25) is 5.91 Å². The maximum absolute atomic E-state index is 11.8. The van der Waals surface area contributed by atoms with E-state index >= 15 is 0 Å². The molecule has 0 spiro atoms. The molecule has 0 bridgehead atoms. The zero-order chi connectivity index (χ0) is 15.4. The predicted octanol–water partition coefficient (Wildman–Crippen LogP) is 1.28. The number of amides is 1. The highest BCUT2D eigenvalue weighted by Crippen LogP contribution is 2.26. The number of ether oxygens (including phenoxy) is 1. The highest BCUT2D eigenvalue weighted by Gasteiger charge is 2.27. The second-order valence-corrected chi connectivity index (χ2v) is 6.26. The number of nitrogens with zero attached hydrogens (tertiary/aromatic N) is 2. The molecule has 3 rings (SSSR count). The fourth-order valence-corrected chi connectivity index (χ4v) is 3.36. The Labute approximate surface area is 131 Å². The molecule has 1 saturated heterocycles. The molecular formula is C16H25N3O3. The van der Waals surface area contributed by atoms with Crippen molar-refractivity contribution in [1.82, 2.24) is 15.4 Å². The van der Waals surface area contributed by atoms with Gasteiger partial charge < -0.3 is 14.6 Å². The Morgan fingerprint density at radius 1 is 1.45 bits per heavy atom. The third kappa shape index (κ3) is 3.67. The van der Waals surface area contributed by atoms with Gasteiger partial charge in [-0.2, -0.15) is 0 Å². The summed E-state index contributed by atoms with van der Waals surface area (Å²) in [5, 5.41) is 7.38. The molecule has 2 heterocycles. The van der Waals surface area contributed by atoms with Crippen molar-refractivity contribution in [3.8, 4) is 0 Å². The lowest BCUT2D eigenvalue weighted by Crippen LogP contribution is -2.39. The van der Waals surface area contributed by atoms with Gasteiger partial charge in [0.05, 0.1) is 6.61 Å². The molecule has 1 aromatic rings. The molecular weight excluding hydrogens is 282 g/mol. The summed E-state index contributed by atoms with van der Waals surface area (Å²) in [6, 6.07) is 0.189. The molecule has 2 aliphatic rings. The number of fused-ring (bicyclic) bond motifs is 1. The van der Waals surface area contributed by atoms with Crippen molar-refractivity contribution < 1.29 is 14.1 Å². The molecule has 1 aliphatic heterocycles. The molecule has 0 aromatic carbocycles. The molecule has 1 amide bonds. The van der Waals surface area contributed by atoms with Gasteiger partial charge in [-0.05, 0) is 38.8 Å². The van der Waals surface area contributed by atoms with Crippen molar-refractivity contribution >= 4 is 5.91 Å². The Morgan fingerprint density at radius 2 is 2.27 bits per heavy atom. The first kappa shape index (κ1) is 15.5. The quantitative estimate of drug-likeness (QED) is 0.857. The number of aryl methyl sites for hydroxylation is 1. The first-order valence-electron chi connectivity index (χ1n) is 8.23. The number of methoxy groups -OCH3 is 1. The highest BCUT2D eigenvalue weighted by molar-refractivity contribution is 5.76. The van der Waals surface area contributed by atoms with Gasteiger partial charge in [0.15, 0.2) is 0 Å². The second kappa shape index (κ2) is 7.24. The van der Waals surface area contributed by atoms with E-state index in [1.165, 1.54) is 18.4 Å². The van der Waals surface area contributed by atoms with Crippen LogP contribution in [0.25, 0.3) is 0 Å². The van der Waals surface area contributed by atoms with Gasteiger partial charge in [0.1, 0.15) is 11.5 Å². The third-order valence-corrected chi connectivity index (χ3v) is 4.59. The van der Waals surface area contributed by atoms with Gasteiger partial charge in [-0.1, -0.05) is 5.16 Å². The van der Waals surface area contributed by atoms with Crippen LogP contribution < -0.4 is 5.32 Å². The zero-order valence-electron chi connectivity index (χ0n) is 13.3. The van der Waals surface area contributed by atoms with Crippen LogP contribution in [0, 0.1) is 0 Å². The van der Waals surface area contributed by atoms with E-state index in [0.29, 0.717) is 13.0 Å². The zero-order valence-corrected chi connectivity index (χ0v) is 13.3. The SMILES string of the molecule is COCCC(=O)NC1CCc2onc(CN3CCCC3)c2C1. The Kier molecular flexibility index (Phi) is 5.10. The summed E-state index contributed by atoms with van der Waals surface area (Å²) in [5.74, 6) is 1.07. The minimum absolute atomic E-state index is 0.0628. The van der Waals surface area contributed by atoms with Gasteiger partial charge >= 0.3 is 0 Å². The summed E-state index contributed by atoms with van der Waals surface area (Å²) in [6.07, 6.45) is 5.59. The van der Waals surface area contributed by atoms with E-state index in [1.807, 2.05) is 0 Å². The molecule has 1 aliphatic carbocycles. The first-order valence-corrected chi connectivity index (χ1v) is 8.23. The van der Waals surface area contributed by atoms with E-state index in [1.54, 1.807) is 7.11 Å². The summed E-state index contributed by atoms with van der Waals surface area (Å²) in [4.78, 5) is 14.3. The summed E-state index contributed by atoms with van der Waals surface area (Å²) in [7, 11) is 1.61. The fourth-order valence-electron chi connectivity index (χ4n) is 3.36. The molecule has 22 heavy (non-hydrogen) atoms. The maximum atomic E-state index is 11.8. The summed E-state index contributed by atoms with van der Waals surface area (Å²) in [5.41, 5.74) is 2.28. The van der Waals surface area contributed by atoms with E-state index in [0.717, 1.165) is 50.4 Å². The van der Waals surface area contributed by atoms with Crippen LogP contribution in [-0.4, -0.2) is 48.8 Å². The van der Waals surface area contributed by atoms with Crippen molar-refractivity contribution in [2.24, 2.45) is 0 Å². The number of hydrogen-bond acceptors (Lipinski definition) is 5. The molecule has 122 valence electrons. The van der Waals surface area contributed by atoms with Crippen LogP contribution in [0.3, 0.4) is 0 Å². The molecule has 1 atom stereocenters. The van der Waals surface area contributed by atoms with E-state index in [9.17, 15) is 4.79 Å². The molecule has 6 nitrogen and oxygen atoms in total. The van der Waals surface area contributed by atoms with E-state index in [2.05, 4.69) is 15.4 Å². The van der Waals surface area contributed by atoms with E-state index < -0.39 is 0 Å². The van der Waals surface area contributed by atoms with E-state index in [4.69, 9.17) is 9.26 Å². The number of carbonyl (C=O) groups is 1. The monoisotopic (exact) mass is 307 g/mol. The van der Waals surface area contributed by atoms with Crippen molar-refractivity contribution in [3.63, 3.8) is 0 Å². The molecule has 0 radical (unpaired) electrons. The number of aromatic nitrogens is 1. The standard InChI is InChI=1S/C16H25N3O3/c1-21-9-6-16(20)17-12-4-5-15-13(10-12)14(18-22-15)11-19-7-2-3-8-19/h12H,2-11H2,1H3,(H,17,20). The maximum Gasteiger partial charge on any atom is 0.222 e. The summed E-state index contributed by atoms with van der Waals surface area (Å²) < 4.78 is 10.5. The third-order valence-electron chi connectivity index (χ3n) is 4.59. The average molecular weight is 307 g/mol. The topological polar surface area (TPSA) is 67.6 Å². The minimum atomic E-state index is 0.0628. The van der Waals surface area contributed by atoms with Crippen LogP contribution in [0.15, 0.2) is 4.52 Å². The fraction of sp³-hybridized carbons (Fsp3) is 0.750. The smallest absolute Gasteiger partial charge is 0.222 e. The lowest BCUT2D eigenvalue weighted by Gasteiger charge is -2.23. The summed E-state index contributed by atoms with van der Waals surface area (Å²) in [6.45, 7) is 3.65. The summed E-state index contributed by atoms with van der Waals surface area (Å²) >= 11 is 0. The van der Waals surface area contributed by atoms with Crippen LogP contribution >= 0.6 is 0 Å². The van der Waals surface area contributed by atoms with Crippen LogP contribution in [0.1, 0.15) is 42.7 Å². The van der Waals surface area contributed by atoms with Crippen LogP contribution in [0.5, 0.6) is 0 Å². The number of carbonyl (C=O) groups excluding carboxylic acids is 1. The molecule has 0 saturated carbocycles. The Balaban J connectivity index is 1.59. The molecule has 6 heteroatoms. The van der Waals surface area contributed by atoms with Gasteiger partial charge in [-0.15, -0.1) is 0 Å². The average Bonchev–Trinajstić information content (AvgIpc) is 3.16. The van der Waals surface area contributed by atoms with Crippen molar-refractivity contribution in [2.75, 3.05) is 26.8 Å². The first-order chi connectivity index (χ1) is 10.8. The lowest BCUT2D eigenvalue weighted by atomic mass is 9.92. The van der Waals surface area contributed by atoms with Crippen molar-refractivity contribution in [2.45, 2.75) is 51.1 Å². The van der Waals surface area contributed by atoms with E-state index in [-0.39, 0.29) is 11.9 Å². The van der Waals surface area contributed by atoms with Crippen molar-refractivity contribution in [3.05, 3.63) is 17.0 Å². The Bertz CT molecular complexity index is 509. The molecule has 1 fully saturated rings. The normalized spacial score (nSPS) is 21.8. The Morgan fingerprint density at radius 3 is 3.05 bits per heavy atom.